The van der Waals surface area contributed by atoms with Crippen LogP contribution in [0.15, 0.2) is 78.2 Å². The maximum absolute atomic E-state index is 13.0. The van der Waals surface area contributed by atoms with Gasteiger partial charge in [0.15, 0.2) is 11.0 Å². The van der Waals surface area contributed by atoms with E-state index in [1.807, 2.05) is 43.3 Å². The fourth-order valence-electron chi connectivity index (χ4n) is 4.10. The summed E-state index contributed by atoms with van der Waals surface area (Å²) in [6.07, 6.45) is 6.93. The fraction of sp³-hybridized carbons (Fsp3) is 0.231. The van der Waals surface area contributed by atoms with Crippen LogP contribution in [0.3, 0.4) is 0 Å². The van der Waals surface area contributed by atoms with Crippen LogP contribution in [0.25, 0.3) is 11.4 Å². The van der Waals surface area contributed by atoms with Crippen molar-refractivity contribution in [2.75, 3.05) is 5.32 Å². The molecule has 0 saturated carbocycles. The standard InChI is InChI=1S/C26H25N5OS/c1-18(25(32)28-23-13-12-20-9-5-10-21(20)15-23)33-26-30-29-24(22-11-6-14-27-16-22)31(26)17-19-7-3-2-4-8-19/h2-4,6-8,11-16,18H,5,9-10,17H2,1H3,(H,28,32). The van der Waals surface area contributed by atoms with Crippen LogP contribution in [0.1, 0.15) is 30.0 Å². The predicted octanol–water partition coefficient (Wildman–Crippen LogP) is 5.00. The van der Waals surface area contributed by atoms with Gasteiger partial charge >= 0.3 is 0 Å². The summed E-state index contributed by atoms with van der Waals surface area (Å²) in [5.41, 5.74) is 5.63. The van der Waals surface area contributed by atoms with Gasteiger partial charge < -0.3 is 5.32 Å². The van der Waals surface area contributed by atoms with E-state index in [0.29, 0.717) is 11.7 Å². The number of aryl methyl sites for hydroxylation is 2. The highest BCUT2D eigenvalue weighted by atomic mass is 32.2. The quantitative estimate of drug-likeness (QED) is 0.397. The molecule has 7 heteroatoms. The van der Waals surface area contributed by atoms with E-state index >= 15 is 0 Å². The van der Waals surface area contributed by atoms with Gasteiger partial charge in [-0.25, -0.2) is 0 Å². The first kappa shape index (κ1) is 21.4. The van der Waals surface area contributed by atoms with E-state index in [-0.39, 0.29) is 11.2 Å². The summed E-state index contributed by atoms with van der Waals surface area (Å²) in [4.78, 5) is 17.2. The van der Waals surface area contributed by atoms with Crippen molar-refractivity contribution in [3.8, 4) is 11.4 Å². The van der Waals surface area contributed by atoms with Gasteiger partial charge in [0.25, 0.3) is 0 Å². The van der Waals surface area contributed by atoms with Gasteiger partial charge in [0, 0.05) is 23.6 Å². The number of fused-ring (bicyclic) bond motifs is 1. The molecule has 1 aliphatic rings. The SMILES string of the molecule is CC(Sc1nnc(-c2cccnc2)n1Cc1ccccc1)C(=O)Nc1ccc2c(c1)CCC2. The Bertz CT molecular complexity index is 1260. The molecule has 4 aromatic rings. The van der Waals surface area contributed by atoms with Crippen LogP contribution in [0, 0.1) is 0 Å². The van der Waals surface area contributed by atoms with Crippen LogP contribution < -0.4 is 5.32 Å². The molecule has 1 atom stereocenters. The van der Waals surface area contributed by atoms with Crippen molar-refractivity contribution < 1.29 is 4.79 Å². The number of thioether (sulfide) groups is 1. The lowest BCUT2D eigenvalue weighted by Crippen LogP contribution is -2.23. The van der Waals surface area contributed by atoms with Crippen molar-refractivity contribution >= 4 is 23.4 Å². The number of rotatable bonds is 7. The lowest BCUT2D eigenvalue weighted by atomic mass is 10.1. The van der Waals surface area contributed by atoms with E-state index in [4.69, 9.17) is 0 Å². The molecule has 0 fully saturated rings. The van der Waals surface area contributed by atoms with E-state index in [9.17, 15) is 4.79 Å². The van der Waals surface area contributed by atoms with Crippen LogP contribution in [-0.4, -0.2) is 30.9 Å². The maximum Gasteiger partial charge on any atom is 0.237 e. The first-order valence-electron chi connectivity index (χ1n) is 11.1. The number of pyridine rings is 1. The molecule has 2 aromatic carbocycles. The topological polar surface area (TPSA) is 72.7 Å². The number of carbonyl (C=O) groups is 1. The summed E-state index contributed by atoms with van der Waals surface area (Å²) in [5, 5.41) is 12.3. The first-order chi connectivity index (χ1) is 16.2. The third kappa shape index (κ3) is 4.83. The lowest BCUT2D eigenvalue weighted by molar-refractivity contribution is -0.115. The van der Waals surface area contributed by atoms with Gasteiger partial charge in [-0.05, 0) is 67.1 Å². The van der Waals surface area contributed by atoms with Gasteiger partial charge in [-0.1, -0.05) is 48.2 Å². The molecule has 1 unspecified atom stereocenters. The molecule has 33 heavy (non-hydrogen) atoms. The Kier molecular flexibility index (Phi) is 6.21. The summed E-state index contributed by atoms with van der Waals surface area (Å²) >= 11 is 1.41. The van der Waals surface area contributed by atoms with Crippen molar-refractivity contribution in [2.45, 2.75) is 43.1 Å². The zero-order valence-corrected chi connectivity index (χ0v) is 19.3. The molecule has 0 saturated heterocycles. The molecule has 166 valence electrons. The molecule has 2 aromatic heterocycles. The molecule has 1 aliphatic carbocycles. The molecule has 1 amide bonds. The highest BCUT2D eigenvalue weighted by Gasteiger charge is 2.22. The van der Waals surface area contributed by atoms with Gasteiger partial charge in [0.1, 0.15) is 0 Å². The van der Waals surface area contributed by atoms with Gasteiger partial charge in [-0.15, -0.1) is 10.2 Å². The number of benzene rings is 2. The van der Waals surface area contributed by atoms with E-state index in [1.54, 1.807) is 12.4 Å². The molecule has 5 rings (SSSR count). The normalized spacial score (nSPS) is 13.5. The Hall–Kier alpha value is -3.45. The van der Waals surface area contributed by atoms with Crippen molar-refractivity contribution in [1.82, 2.24) is 19.7 Å². The largest absolute Gasteiger partial charge is 0.325 e. The van der Waals surface area contributed by atoms with Crippen molar-refractivity contribution in [1.29, 1.82) is 0 Å². The Morgan fingerprint density at radius 1 is 1.06 bits per heavy atom. The minimum absolute atomic E-state index is 0.0462. The molecule has 6 nitrogen and oxygen atoms in total. The average Bonchev–Trinajstić information content (AvgIpc) is 3.47. The first-order valence-corrected chi connectivity index (χ1v) is 12.0. The third-order valence-electron chi connectivity index (χ3n) is 5.84. The van der Waals surface area contributed by atoms with Crippen LogP contribution >= 0.6 is 11.8 Å². The molecule has 2 heterocycles. The molecule has 0 spiro atoms. The number of nitrogens with one attached hydrogen (secondary N) is 1. The lowest BCUT2D eigenvalue weighted by Gasteiger charge is -2.14. The molecule has 1 N–H and O–H groups in total. The second-order valence-electron chi connectivity index (χ2n) is 8.21. The number of aromatic nitrogens is 4. The van der Waals surface area contributed by atoms with E-state index in [2.05, 4.69) is 49.3 Å². The van der Waals surface area contributed by atoms with Gasteiger partial charge in [0.2, 0.25) is 5.91 Å². The van der Waals surface area contributed by atoms with Crippen molar-refractivity contribution in [3.63, 3.8) is 0 Å². The number of hydrogen-bond acceptors (Lipinski definition) is 5. The Balaban J connectivity index is 1.36. The van der Waals surface area contributed by atoms with Crippen LogP contribution in [0.4, 0.5) is 5.69 Å². The smallest absolute Gasteiger partial charge is 0.237 e. The number of nitrogens with zero attached hydrogens (tertiary/aromatic N) is 4. The second-order valence-corrected chi connectivity index (χ2v) is 9.51. The number of amides is 1. The predicted molar refractivity (Wildman–Crippen MR) is 131 cm³/mol. The summed E-state index contributed by atoms with van der Waals surface area (Å²) in [7, 11) is 0. The van der Waals surface area contributed by atoms with E-state index < -0.39 is 0 Å². The highest BCUT2D eigenvalue weighted by molar-refractivity contribution is 8.00. The summed E-state index contributed by atoms with van der Waals surface area (Å²) in [6.45, 7) is 2.51. The second kappa shape index (κ2) is 9.58. The van der Waals surface area contributed by atoms with Crippen LogP contribution in [-0.2, 0) is 24.2 Å². The molecular weight excluding hydrogens is 430 g/mol. The van der Waals surface area contributed by atoms with E-state index in [0.717, 1.165) is 35.5 Å². The fourth-order valence-corrected chi connectivity index (χ4v) is 4.95. The minimum Gasteiger partial charge on any atom is -0.325 e. The Labute approximate surface area is 197 Å². The van der Waals surface area contributed by atoms with E-state index in [1.165, 1.54) is 29.3 Å². The molecule has 0 radical (unpaired) electrons. The van der Waals surface area contributed by atoms with Crippen molar-refractivity contribution in [3.05, 3.63) is 89.7 Å². The van der Waals surface area contributed by atoms with Gasteiger partial charge in [0.05, 0.1) is 11.8 Å². The van der Waals surface area contributed by atoms with Crippen LogP contribution in [0.2, 0.25) is 0 Å². The highest BCUT2D eigenvalue weighted by Crippen LogP contribution is 2.29. The summed E-state index contributed by atoms with van der Waals surface area (Å²) in [6, 6.07) is 20.3. The number of hydrogen-bond donors (Lipinski definition) is 1. The number of carbonyl (C=O) groups excluding carboxylic acids is 1. The van der Waals surface area contributed by atoms with Gasteiger partial charge in [-0.2, -0.15) is 0 Å². The summed E-state index contributed by atoms with van der Waals surface area (Å²) < 4.78 is 2.05. The zero-order valence-electron chi connectivity index (χ0n) is 18.4. The zero-order chi connectivity index (χ0) is 22.6. The molecule has 0 aliphatic heterocycles. The average molecular weight is 456 g/mol. The monoisotopic (exact) mass is 455 g/mol. The maximum atomic E-state index is 13.0. The Morgan fingerprint density at radius 3 is 2.73 bits per heavy atom. The van der Waals surface area contributed by atoms with Gasteiger partial charge in [-0.3, -0.25) is 14.3 Å². The minimum atomic E-state index is -0.335. The molecular formula is C26H25N5OS. The van der Waals surface area contributed by atoms with Crippen molar-refractivity contribution in [2.24, 2.45) is 0 Å². The number of anilines is 1. The van der Waals surface area contributed by atoms with Crippen LogP contribution in [0.5, 0.6) is 0 Å². The third-order valence-corrected chi connectivity index (χ3v) is 6.92. The summed E-state index contributed by atoms with van der Waals surface area (Å²) in [5.74, 6) is 0.691. The molecule has 0 bridgehead atoms. The Morgan fingerprint density at radius 2 is 1.91 bits per heavy atom.